The van der Waals surface area contributed by atoms with E-state index in [-0.39, 0.29) is 24.7 Å². The lowest BCUT2D eigenvalue weighted by atomic mass is 9.94. The first kappa shape index (κ1) is 17.3. The third-order valence-corrected chi connectivity index (χ3v) is 4.37. The molecule has 0 bridgehead atoms. The molecule has 7 nitrogen and oxygen atoms in total. The van der Waals surface area contributed by atoms with Crippen molar-refractivity contribution in [3.63, 3.8) is 0 Å². The van der Waals surface area contributed by atoms with Gasteiger partial charge in [0.2, 0.25) is 0 Å². The minimum atomic E-state index is -3.67. The summed E-state index contributed by atoms with van der Waals surface area (Å²) in [6, 6.07) is 3.74. The molecule has 2 aliphatic rings. The van der Waals surface area contributed by atoms with Crippen molar-refractivity contribution in [3.05, 3.63) is 23.8 Å². The van der Waals surface area contributed by atoms with Gasteiger partial charge < -0.3 is 29.9 Å². The Labute approximate surface area is 136 Å². The number of hydrogen-bond donors (Lipinski definition) is 4. The van der Waals surface area contributed by atoms with Crippen LogP contribution in [0.25, 0.3) is 0 Å². The third kappa shape index (κ3) is 3.31. The molecule has 24 heavy (non-hydrogen) atoms. The van der Waals surface area contributed by atoms with Crippen LogP contribution in [0.15, 0.2) is 18.2 Å². The van der Waals surface area contributed by atoms with Gasteiger partial charge in [0.15, 0.2) is 11.5 Å². The van der Waals surface area contributed by atoms with Crippen LogP contribution >= 0.6 is 0 Å². The zero-order chi connectivity index (χ0) is 17.5. The van der Waals surface area contributed by atoms with Gasteiger partial charge in [-0.3, -0.25) is 4.90 Å². The molecule has 4 N–H and O–H groups in total. The van der Waals surface area contributed by atoms with Crippen LogP contribution in [0.4, 0.5) is 8.78 Å². The molecule has 0 radical (unpaired) electrons. The molecule has 1 fully saturated rings. The van der Waals surface area contributed by atoms with E-state index in [4.69, 9.17) is 0 Å². The van der Waals surface area contributed by atoms with E-state index >= 15 is 0 Å². The maximum atomic E-state index is 13.0. The minimum Gasteiger partial charge on any atom is -0.395 e. The molecule has 1 aromatic rings. The van der Waals surface area contributed by atoms with Gasteiger partial charge in [0.25, 0.3) is 0 Å². The van der Waals surface area contributed by atoms with Crippen molar-refractivity contribution >= 4 is 0 Å². The molecule has 3 rings (SSSR count). The number of benzene rings is 1. The van der Waals surface area contributed by atoms with Gasteiger partial charge in [-0.15, -0.1) is 8.78 Å². The van der Waals surface area contributed by atoms with E-state index < -0.39 is 30.6 Å². The highest BCUT2D eigenvalue weighted by molar-refractivity contribution is 5.45. The highest BCUT2D eigenvalue weighted by Gasteiger charge is 2.43. The number of hydrogen-bond acceptors (Lipinski definition) is 7. The molecule has 0 aromatic heterocycles. The number of likely N-dealkylation sites (tertiary alicyclic amines) is 1. The molecule has 2 aliphatic heterocycles. The van der Waals surface area contributed by atoms with Crippen LogP contribution in [-0.2, 0) is 6.42 Å². The predicted molar refractivity (Wildman–Crippen MR) is 76.8 cm³/mol. The molecule has 1 aromatic carbocycles. The van der Waals surface area contributed by atoms with Gasteiger partial charge >= 0.3 is 6.29 Å². The molecule has 0 aliphatic carbocycles. The number of alkyl halides is 2. The first-order valence-electron chi connectivity index (χ1n) is 7.58. The summed E-state index contributed by atoms with van der Waals surface area (Å²) in [5.74, 6) is -0.0886. The highest BCUT2D eigenvalue weighted by atomic mass is 19.3. The number of ether oxygens (including phenoxy) is 2. The molecule has 134 valence electrons. The van der Waals surface area contributed by atoms with Gasteiger partial charge in [-0.05, 0) is 24.1 Å². The molecule has 2 heterocycles. The summed E-state index contributed by atoms with van der Waals surface area (Å²) in [5.41, 5.74) is 0.696. The summed E-state index contributed by atoms with van der Waals surface area (Å²) in [6.07, 6.45) is -6.97. The number of rotatable bonds is 4. The molecule has 1 saturated heterocycles. The second kappa shape index (κ2) is 6.41. The van der Waals surface area contributed by atoms with Crippen LogP contribution < -0.4 is 9.47 Å². The zero-order valence-corrected chi connectivity index (χ0v) is 12.7. The summed E-state index contributed by atoms with van der Waals surface area (Å²) in [4.78, 5) is 1.65. The van der Waals surface area contributed by atoms with E-state index in [2.05, 4.69) is 9.47 Å². The SMILES string of the molecule is OC[C@@H]1[C@@H](O)[C@H](O)[C@@H](O)CN1CCc1ccc2c(c1)OC(F)(F)O2. The van der Waals surface area contributed by atoms with E-state index in [1.807, 2.05) is 0 Å². The Morgan fingerprint density at radius 3 is 2.54 bits per heavy atom. The average Bonchev–Trinajstić information content (AvgIpc) is 2.83. The second-order valence-corrected chi connectivity index (χ2v) is 5.99. The van der Waals surface area contributed by atoms with Gasteiger partial charge in [-0.25, -0.2) is 0 Å². The van der Waals surface area contributed by atoms with E-state index in [9.17, 15) is 29.2 Å². The van der Waals surface area contributed by atoms with E-state index in [0.29, 0.717) is 18.5 Å². The zero-order valence-electron chi connectivity index (χ0n) is 12.7. The number of piperidine rings is 1. The Kier molecular flexibility index (Phi) is 4.63. The molecule has 0 amide bonds. The summed E-state index contributed by atoms with van der Waals surface area (Å²) in [7, 11) is 0. The van der Waals surface area contributed by atoms with Crippen LogP contribution in [0, 0.1) is 0 Å². The topological polar surface area (TPSA) is 103 Å². The van der Waals surface area contributed by atoms with Crippen LogP contribution in [-0.4, -0.2) is 75.7 Å². The monoisotopic (exact) mass is 347 g/mol. The van der Waals surface area contributed by atoms with Crippen molar-refractivity contribution in [2.45, 2.75) is 37.1 Å². The lowest BCUT2D eigenvalue weighted by molar-refractivity contribution is -0.286. The van der Waals surface area contributed by atoms with Gasteiger partial charge in [-0.1, -0.05) is 6.07 Å². The van der Waals surface area contributed by atoms with Crippen LogP contribution in [0.3, 0.4) is 0 Å². The Morgan fingerprint density at radius 2 is 1.83 bits per heavy atom. The number of β-amino-alcohol motifs (C(OH)–C–C–N with tert-alkyl or cyclic N) is 1. The maximum Gasteiger partial charge on any atom is 0.586 e. The fraction of sp³-hybridized carbons (Fsp3) is 0.600. The number of aliphatic hydroxyl groups excluding tert-OH is 4. The normalized spacial score (nSPS) is 32.1. The lowest BCUT2D eigenvalue weighted by Crippen LogP contribution is -2.62. The summed E-state index contributed by atoms with van der Waals surface area (Å²) in [5, 5.41) is 38.8. The molecular formula is C15H19F2NO6. The molecule has 4 atom stereocenters. The smallest absolute Gasteiger partial charge is 0.395 e. The Bertz CT molecular complexity index is 601. The highest BCUT2D eigenvalue weighted by Crippen LogP contribution is 2.41. The van der Waals surface area contributed by atoms with Crippen molar-refractivity contribution < 1.29 is 38.7 Å². The van der Waals surface area contributed by atoms with Gasteiger partial charge in [0, 0.05) is 13.1 Å². The Hall–Kier alpha value is -1.52. The minimum absolute atomic E-state index is 0.0380. The number of nitrogens with zero attached hydrogens (tertiary/aromatic N) is 1. The fourth-order valence-corrected chi connectivity index (χ4v) is 3.06. The third-order valence-electron chi connectivity index (χ3n) is 4.37. The van der Waals surface area contributed by atoms with E-state index in [1.165, 1.54) is 12.1 Å². The van der Waals surface area contributed by atoms with E-state index in [1.54, 1.807) is 11.0 Å². The quantitative estimate of drug-likeness (QED) is 0.572. The first-order chi connectivity index (χ1) is 11.3. The molecule has 9 heteroatoms. The van der Waals surface area contributed by atoms with Crippen molar-refractivity contribution in [1.29, 1.82) is 0 Å². The summed E-state index contributed by atoms with van der Waals surface area (Å²) in [6.45, 7) is 0.0620. The predicted octanol–water partition coefficient (Wildman–Crippen LogP) is -0.690. The molecule has 0 saturated carbocycles. The molecule has 0 spiro atoms. The van der Waals surface area contributed by atoms with Crippen LogP contribution in [0.1, 0.15) is 5.56 Å². The summed E-state index contributed by atoms with van der Waals surface area (Å²) >= 11 is 0. The largest absolute Gasteiger partial charge is 0.586 e. The van der Waals surface area contributed by atoms with Gasteiger partial charge in [-0.2, -0.15) is 0 Å². The average molecular weight is 347 g/mol. The van der Waals surface area contributed by atoms with E-state index in [0.717, 1.165) is 0 Å². The standard InChI is InChI=1S/C15H19F2NO6/c16-15(17)23-11-2-1-8(5-12(11)24-15)3-4-18-6-10(20)14(22)13(21)9(18)7-19/h1-2,5,9-10,13-14,19-22H,3-4,6-7H2/t9-,10+,13-,14-/m1/s1. The number of aliphatic hydroxyl groups is 4. The molecule has 0 unspecified atom stereocenters. The summed E-state index contributed by atoms with van der Waals surface area (Å²) < 4.78 is 34.7. The van der Waals surface area contributed by atoms with Crippen molar-refractivity contribution in [1.82, 2.24) is 4.90 Å². The van der Waals surface area contributed by atoms with Crippen LogP contribution in [0.5, 0.6) is 11.5 Å². The van der Waals surface area contributed by atoms with Gasteiger partial charge in [0.1, 0.15) is 12.2 Å². The van der Waals surface area contributed by atoms with Crippen molar-refractivity contribution in [2.24, 2.45) is 0 Å². The van der Waals surface area contributed by atoms with Crippen LogP contribution in [0.2, 0.25) is 0 Å². The second-order valence-electron chi connectivity index (χ2n) is 5.99. The number of halogens is 2. The molecular weight excluding hydrogens is 328 g/mol. The van der Waals surface area contributed by atoms with Crippen molar-refractivity contribution in [3.8, 4) is 11.5 Å². The Balaban J connectivity index is 1.65. The Morgan fingerprint density at radius 1 is 1.12 bits per heavy atom. The first-order valence-corrected chi connectivity index (χ1v) is 7.58. The van der Waals surface area contributed by atoms with Crippen molar-refractivity contribution in [2.75, 3.05) is 19.7 Å². The lowest BCUT2D eigenvalue weighted by Gasteiger charge is -2.43. The van der Waals surface area contributed by atoms with Gasteiger partial charge in [0.05, 0.1) is 18.8 Å². The number of fused-ring (bicyclic) bond motifs is 1. The fourth-order valence-electron chi connectivity index (χ4n) is 3.06. The maximum absolute atomic E-state index is 13.0.